The van der Waals surface area contributed by atoms with Crippen molar-refractivity contribution in [3.63, 3.8) is 0 Å². The van der Waals surface area contributed by atoms with Gasteiger partial charge < -0.3 is 4.74 Å². The number of ether oxygens (including phenoxy) is 1. The lowest BCUT2D eigenvalue weighted by Gasteiger charge is -2.32. The Balaban J connectivity index is 2.76. The van der Waals surface area contributed by atoms with Crippen molar-refractivity contribution in [2.75, 3.05) is 26.8 Å². The van der Waals surface area contributed by atoms with Crippen LogP contribution >= 0.6 is 0 Å². The van der Waals surface area contributed by atoms with Gasteiger partial charge in [0.15, 0.2) is 0 Å². The summed E-state index contributed by atoms with van der Waals surface area (Å²) in [7, 11) is -1.70. The maximum atomic E-state index is 12.2. The summed E-state index contributed by atoms with van der Waals surface area (Å²) in [6, 6.07) is 0. The Bertz CT molecular complexity index is 406. The van der Waals surface area contributed by atoms with Gasteiger partial charge in [-0.15, -0.1) is 0 Å². The summed E-state index contributed by atoms with van der Waals surface area (Å²) in [4.78, 5) is 0. The van der Waals surface area contributed by atoms with E-state index < -0.39 is 15.3 Å². The zero-order chi connectivity index (χ0) is 14.0. The largest absolute Gasteiger partial charge is 0.383 e. The predicted octanol–water partition coefficient (Wildman–Crippen LogP) is 2.03. The van der Waals surface area contributed by atoms with Gasteiger partial charge in [-0.25, -0.2) is 8.42 Å². The fraction of sp³-hybridized carbons (Fsp3) is 0.846. The molecule has 0 saturated heterocycles. The molecular formula is C13H25NO3S. The molecule has 0 N–H and O–H groups in total. The Morgan fingerprint density at radius 3 is 2.44 bits per heavy atom. The van der Waals surface area contributed by atoms with E-state index in [4.69, 9.17) is 4.74 Å². The molecule has 1 atom stereocenters. The lowest BCUT2D eigenvalue weighted by Crippen LogP contribution is -2.42. The SMILES string of the molecule is COCC(C)S(=O)(=O)N1CC=C(C(C)(C)C)CC1. The van der Waals surface area contributed by atoms with E-state index in [-0.39, 0.29) is 12.0 Å². The minimum atomic E-state index is -3.23. The van der Waals surface area contributed by atoms with Crippen molar-refractivity contribution < 1.29 is 13.2 Å². The van der Waals surface area contributed by atoms with Crippen LogP contribution in [0.1, 0.15) is 34.1 Å². The van der Waals surface area contributed by atoms with Crippen LogP contribution in [0.25, 0.3) is 0 Å². The zero-order valence-electron chi connectivity index (χ0n) is 12.1. The van der Waals surface area contributed by atoms with E-state index >= 15 is 0 Å². The number of sulfonamides is 1. The van der Waals surface area contributed by atoms with Crippen LogP contribution < -0.4 is 0 Å². The van der Waals surface area contributed by atoms with Crippen molar-refractivity contribution in [2.45, 2.75) is 39.4 Å². The molecule has 1 rings (SSSR count). The maximum absolute atomic E-state index is 12.2. The second kappa shape index (κ2) is 5.72. The molecule has 0 spiro atoms. The molecule has 0 aliphatic carbocycles. The van der Waals surface area contributed by atoms with Crippen LogP contribution in [0.5, 0.6) is 0 Å². The van der Waals surface area contributed by atoms with Gasteiger partial charge in [-0.2, -0.15) is 4.31 Å². The van der Waals surface area contributed by atoms with Gasteiger partial charge in [0.2, 0.25) is 10.0 Å². The van der Waals surface area contributed by atoms with Gasteiger partial charge in [0.1, 0.15) is 0 Å². The molecule has 0 saturated carbocycles. The molecule has 0 radical (unpaired) electrons. The third-order valence-corrected chi connectivity index (χ3v) is 5.61. The summed E-state index contributed by atoms with van der Waals surface area (Å²) in [6.45, 7) is 9.50. The highest BCUT2D eigenvalue weighted by atomic mass is 32.2. The third kappa shape index (κ3) is 3.56. The first-order chi connectivity index (χ1) is 8.19. The van der Waals surface area contributed by atoms with Gasteiger partial charge in [0.05, 0.1) is 11.9 Å². The van der Waals surface area contributed by atoms with Gasteiger partial charge >= 0.3 is 0 Å². The fourth-order valence-electron chi connectivity index (χ4n) is 2.14. The Kier molecular flexibility index (Phi) is 4.98. The van der Waals surface area contributed by atoms with E-state index in [1.54, 1.807) is 11.2 Å². The van der Waals surface area contributed by atoms with E-state index in [9.17, 15) is 8.42 Å². The van der Waals surface area contributed by atoms with E-state index in [2.05, 4.69) is 26.8 Å². The first-order valence-corrected chi connectivity index (χ1v) is 7.87. The van der Waals surface area contributed by atoms with Crippen LogP contribution in [0.4, 0.5) is 0 Å². The maximum Gasteiger partial charge on any atom is 0.219 e. The second-order valence-corrected chi connectivity index (χ2v) is 8.25. The summed E-state index contributed by atoms with van der Waals surface area (Å²) in [5.74, 6) is 0. The van der Waals surface area contributed by atoms with E-state index in [1.807, 2.05) is 0 Å². The highest BCUT2D eigenvalue weighted by Crippen LogP contribution is 2.31. The molecule has 1 unspecified atom stereocenters. The topological polar surface area (TPSA) is 46.6 Å². The lowest BCUT2D eigenvalue weighted by molar-refractivity contribution is 0.198. The highest BCUT2D eigenvalue weighted by Gasteiger charge is 2.31. The highest BCUT2D eigenvalue weighted by molar-refractivity contribution is 7.89. The molecule has 0 aromatic carbocycles. The normalized spacial score (nSPS) is 20.6. The van der Waals surface area contributed by atoms with Crippen LogP contribution in [-0.4, -0.2) is 44.8 Å². The predicted molar refractivity (Wildman–Crippen MR) is 74.0 cm³/mol. The molecule has 1 heterocycles. The first-order valence-electron chi connectivity index (χ1n) is 6.37. The molecular weight excluding hydrogens is 250 g/mol. The van der Waals surface area contributed by atoms with Gasteiger partial charge in [-0.05, 0) is 18.8 Å². The smallest absolute Gasteiger partial charge is 0.219 e. The molecule has 0 bridgehead atoms. The van der Waals surface area contributed by atoms with Crippen molar-refractivity contribution in [3.05, 3.63) is 11.6 Å². The second-order valence-electron chi connectivity index (χ2n) is 5.90. The van der Waals surface area contributed by atoms with E-state index in [0.717, 1.165) is 6.42 Å². The molecule has 0 amide bonds. The number of rotatable bonds is 4. The molecule has 106 valence electrons. The van der Waals surface area contributed by atoms with Gasteiger partial charge in [0, 0.05) is 20.2 Å². The van der Waals surface area contributed by atoms with Crippen molar-refractivity contribution in [1.82, 2.24) is 4.31 Å². The van der Waals surface area contributed by atoms with E-state index in [0.29, 0.717) is 13.1 Å². The average molecular weight is 275 g/mol. The molecule has 0 aromatic rings. The number of hydrogen-bond acceptors (Lipinski definition) is 3. The molecule has 4 nitrogen and oxygen atoms in total. The summed E-state index contributed by atoms with van der Waals surface area (Å²) < 4.78 is 31.0. The monoisotopic (exact) mass is 275 g/mol. The summed E-state index contributed by atoms with van der Waals surface area (Å²) in [5.41, 5.74) is 1.47. The third-order valence-electron chi connectivity index (χ3n) is 3.40. The Hall–Kier alpha value is -0.390. The molecule has 18 heavy (non-hydrogen) atoms. The van der Waals surface area contributed by atoms with Crippen molar-refractivity contribution in [2.24, 2.45) is 5.41 Å². The van der Waals surface area contributed by atoms with Gasteiger partial charge in [0.25, 0.3) is 0 Å². The van der Waals surface area contributed by atoms with Crippen LogP contribution in [0, 0.1) is 5.41 Å². The lowest BCUT2D eigenvalue weighted by atomic mass is 9.83. The Morgan fingerprint density at radius 1 is 1.44 bits per heavy atom. The number of hydrogen-bond donors (Lipinski definition) is 0. The van der Waals surface area contributed by atoms with Crippen LogP contribution in [0.15, 0.2) is 11.6 Å². The molecule has 5 heteroatoms. The average Bonchev–Trinajstić information content (AvgIpc) is 2.28. The van der Waals surface area contributed by atoms with Crippen LogP contribution in [-0.2, 0) is 14.8 Å². The van der Waals surface area contributed by atoms with Crippen molar-refractivity contribution in [3.8, 4) is 0 Å². The van der Waals surface area contributed by atoms with Crippen LogP contribution in [0.3, 0.4) is 0 Å². The molecule has 1 aliphatic heterocycles. The zero-order valence-corrected chi connectivity index (χ0v) is 12.9. The Labute approximate surface area is 111 Å². The Morgan fingerprint density at radius 2 is 2.06 bits per heavy atom. The quantitative estimate of drug-likeness (QED) is 0.738. The summed E-state index contributed by atoms with van der Waals surface area (Å²) in [5, 5.41) is -0.480. The van der Waals surface area contributed by atoms with E-state index in [1.165, 1.54) is 12.7 Å². The molecule has 1 aliphatic rings. The minimum absolute atomic E-state index is 0.133. The van der Waals surface area contributed by atoms with Gasteiger partial charge in [-0.3, -0.25) is 0 Å². The minimum Gasteiger partial charge on any atom is -0.383 e. The standard InChI is InChI=1S/C13H25NO3S/c1-11(10-17-5)18(15,16)14-8-6-12(7-9-14)13(2,3)4/h6,11H,7-10H2,1-5H3. The molecule has 0 fully saturated rings. The fourth-order valence-corrected chi connectivity index (χ4v) is 3.58. The number of nitrogens with zero attached hydrogens (tertiary/aromatic N) is 1. The van der Waals surface area contributed by atoms with Crippen LogP contribution in [0.2, 0.25) is 0 Å². The summed E-state index contributed by atoms with van der Waals surface area (Å²) in [6.07, 6.45) is 2.88. The first kappa shape index (κ1) is 15.7. The number of methoxy groups -OCH3 is 1. The van der Waals surface area contributed by atoms with Crippen molar-refractivity contribution >= 4 is 10.0 Å². The van der Waals surface area contributed by atoms with Gasteiger partial charge in [-0.1, -0.05) is 32.4 Å². The summed E-state index contributed by atoms with van der Waals surface area (Å²) >= 11 is 0. The molecule has 0 aromatic heterocycles. The van der Waals surface area contributed by atoms with Crippen molar-refractivity contribution in [1.29, 1.82) is 0 Å².